The van der Waals surface area contributed by atoms with Crippen molar-refractivity contribution in [3.05, 3.63) is 35.4 Å². The van der Waals surface area contributed by atoms with Crippen LogP contribution < -0.4 is 0 Å². The van der Waals surface area contributed by atoms with E-state index in [1.54, 1.807) is 0 Å². The van der Waals surface area contributed by atoms with E-state index >= 15 is 0 Å². The number of esters is 1. The molecule has 0 aromatic heterocycles. The molecule has 1 aliphatic rings. The van der Waals surface area contributed by atoms with Crippen molar-refractivity contribution in [2.24, 2.45) is 5.92 Å². The first kappa shape index (κ1) is 18.0. The van der Waals surface area contributed by atoms with E-state index in [0.717, 1.165) is 25.2 Å². The van der Waals surface area contributed by atoms with Crippen molar-refractivity contribution in [1.82, 2.24) is 0 Å². The highest BCUT2D eigenvalue weighted by Gasteiger charge is 2.22. The van der Waals surface area contributed by atoms with Crippen LogP contribution in [0.5, 0.6) is 0 Å². The lowest BCUT2D eigenvalue weighted by Gasteiger charge is -2.28. The molecule has 2 heteroatoms. The third-order valence-corrected chi connectivity index (χ3v) is 5.14. The SMILES string of the molecule is CCCCCOC(=O)c1ccc([C@H]2CC[C@H](CCC)CC2)cc1. The van der Waals surface area contributed by atoms with Crippen LogP contribution in [0.25, 0.3) is 0 Å². The minimum absolute atomic E-state index is 0.181. The van der Waals surface area contributed by atoms with Gasteiger partial charge in [-0.2, -0.15) is 0 Å². The predicted molar refractivity (Wildman–Crippen MR) is 95.9 cm³/mol. The summed E-state index contributed by atoms with van der Waals surface area (Å²) in [5.74, 6) is 1.44. The molecule has 1 aromatic rings. The fourth-order valence-electron chi connectivity index (χ4n) is 3.68. The van der Waals surface area contributed by atoms with E-state index < -0.39 is 0 Å². The van der Waals surface area contributed by atoms with Gasteiger partial charge in [-0.05, 0) is 61.6 Å². The minimum atomic E-state index is -0.181. The van der Waals surface area contributed by atoms with Crippen LogP contribution in [0.4, 0.5) is 0 Å². The molecule has 1 fully saturated rings. The van der Waals surface area contributed by atoms with Crippen LogP contribution in [-0.4, -0.2) is 12.6 Å². The van der Waals surface area contributed by atoms with Crippen LogP contribution in [0.15, 0.2) is 24.3 Å². The van der Waals surface area contributed by atoms with Crippen molar-refractivity contribution >= 4 is 5.97 Å². The Kier molecular flexibility index (Phi) is 7.64. The number of hydrogen-bond acceptors (Lipinski definition) is 2. The van der Waals surface area contributed by atoms with Crippen LogP contribution in [0.3, 0.4) is 0 Å². The van der Waals surface area contributed by atoms with Gasteiger partial charge in [0.2, 0.25) is 0 Å². The van der Waals surface area contributed by atoms with E-state index in [4.69, 9.17) is 4.74 Å². The second-order valence-corrected chi connectivity index (χ2v) is 6.97. The molecule has 0 saturated heterocycles. The lowest BCUT2D eigenvalue weighted by molar-refractivity contribution is 0.0498. The molecule has 1 aliphatic carbocycles. The van der Waals surface area contributed by atoms with E-state index in [0.29, 0.717) is 18.1 Å². The standard InChI is InChI=1S/C21H32O2/c1-3-5-6-16-23-21(22)20-14-12-19(13-15-20)18-10-8-17(7-4-2)9-11-18/h12-15,17-18H,3-11,16H2,1-2H3/t17-,18-. The number of rotatable bonds is 8. The van der Waals surface area contributed by atoms with Crippen molar-refractivity contribution in [3.63, 3.8) is 0 Å². The maximum absolute atomic E-state index is 12.0. The molecule has 0 aliphatic heterocycles. The maximum atomic E-state index is 12.0. The van der Waals surface area contributed by atoms with Gasteiger partial charge in [0.15, 0.2) is 0 Å². The highest BCUT2D eigenvalue weighted by molar-refractivity contribution is 5.89. The summed E-state index contributed by atoms with van der Waals surface area (Å²) in [4.78, 5) is 12.0. The number of unbranched alkanes of at least 4 members (excludes halogenated alkanes) is 2. The van der Waals surface area contributed by atoms with Crippen LogP contribution in [0.1, 0.15) is 93.5 Å². The summed E-state index contributed by atoms with van der Waals surface area (Å²) in [6, 6.07) is 8.14. The van der Waals surface area contributed by atoms with Crippen LogP contribution in [0.2, 0.25) is 0 Å². The Hall–Kier alpha value is -1.31. The highest BCUT2D eigenvalue weighted by Crippen LogP contribution is 2.37. The maximum Gasteiger partial charge on any atom is 0.338 e. The number of benzene rings is 1. The van der Waals surface area contributed by atoms with Gasteiger partial charge >= 0.3 is 5.97 Å². The van der Waals surface area contributed by atoms with Crippen LogP contribution in [0, 0.1) is 5.92 Å². The summed E-state index contributed by atoms with van der Waals surface area (Å²) >= 11 is 0. The number of ether oxygens (including phenoxy) is 1. The zero-order chi connectivity index (χ0) is 16.5. The van der Waals surface area contributed by atoms with E-state index in [1.807, 2.05) is 12.1 Å². The fourth-order valence-corrected chi connectivity index (χ4v) is 3.68. The molecular weight excluding hydrogens is 284 g/mol. The molecule has 23 heavy (non-hydrogen) atoms. The van der Waals surface area contributed by atoms with E-state index in [-0.39, 0.29) is 5.97 Å². The third kappa shape index (κ3) is 5.67. The quantitative estimate of drug-likeness (QED) is 0.427. The number of carbonyl (C=O) groups is 1. The second-order valence-electron chi connectivity index (χ2n) is 6.97. The van der Waals surface area contributed by atoms with Gasteiger partial charge in [-0.25, -0.2) is 4.79 Å². The lowest BCUT2D eigenvalue weighted by atomic mass is 9.77. The first-order chi connectivity index (χ1) is 11.2. The molecule has 0 bridgehead atoms. The molecule has 0 N–H and O–H groups in total. The van der Waals surface area contributed by atoms with Crippen molar-refractivity contribution in [2.45, 2.75) is 77.6 Å². The van der Waals surface area contributed by atoms with E-state index in [1.165, 1.54) is 44.1 Å². The largest absolute Gasteiger partial charge is 0.462 e. The normalized spacial score (nSPS) is 21.1. The molecule has 128 valence electrons. The minimum Gasteiger partial charge on any atom is -0.462 e. The first-order valence-corrected chi connectivity index (χ1v) is 9.51. The van der Waals surface area contributed by atoms with Gasteiger partial charge in [-0.1, -0.05) is 51.7 Å². The summed E-state index contributed by atoms with van der Waals surface area (Å²) in [5, 5.41) is 0. The van der Waals surface area contributed by atoms with Crippen molar-refractivity contribution < 1.29 is 9.53 Å². The van der Waals surface area contributed by atoms with Gasteiger partial charge in [-0.3, -0.25) is 0 Å². The van der Waals surface area contributed by atoms with Crippen molar-refractivity contribution in [2.75, 3.05) is 6.61 Å². The topological polar surface area (TPSA) is 26.3 Å². The van der Waals surface area contributed by atoms with Crippen LogP contribution in [-0.2, 0) is 4.74 Å². The Morgan fingerprint density at radius 2 is 1.70 bits per heavy atom. The molecule has 0 heterocycles. The summed E-state index contributed by atoms with van der Waals surface area (Å²) in [6.07, 6.45) is 11.2. The molecule has 1 saturated carbocycles. The number of hydrogen-bond donors (Lipinski definition) is 0. The number of carbonyl (C=O) groups excluding carboxylic acids is 1. The van der Waals surface area contributed by atoms with E-state index in [2.05, 4.69) is 26.0 Å². The molecule has 1 aromatic carbocycles. The zero-order valence-electron chi connectivity index (χ0n) is 14.9. The van der Waals surface area contributed by atoms with Gasteiger partial charge in [0.05, 0.1) is 12.2 Å². The molecular formula is C21H32O2. The highest BCUT2D eigenvalue weighted by atomic mass is 16.5. The molecule has 0 radical (unpaired) electrons. The van der Waals surface area contributed by atoms with Crippen LogP contribution >= 0.6 is 0 Å². The van der Waals surface area contributed by atoms with Gasteiger partial charge in [-0.15, -0.1) is 0 Å². The molecule has 0 amide bonds. The summed E-state index contributed by atoms with van der Waals surface area (Å²) in [7, 11) is 0. The first-order valence-electron chi connectivity index (χ1n) is 9.51. The molecule has 0 unspecified atom stereocenters. The second kappa shape index (κ2) is 9.75. The fraction of sp³-hybridized carbons (Fsp3) is 0.667. The zero-order valence-corrected chi connectivity index (χ0v) is 14.9. The van der Waals surface area contributed by atoms with Crippen molar-refractivity contribution in [3.8, 4) is 0 Å². The van der Waals surface area contributed by atoms with Gasteiger partial charge in [0.25, 0.3) is 0 Å². The van der Waals surface area contributed by atoms with E-state index in [9.17, 15) is 4.79 Å². The monoisotopic (exact) mass is 316 g/mol. The summed E-state index contributed by atoms with van der Waals surface area (Å²) < 4.78 is 5.32. The van der Waals surface area contributed by atoms with Gasteiger partial charge in [0, 0.05) is 0 Å². The third-order valence-electron chi connectivity index (χ3n) is 5.14. The summed E-state index contributed by atoms with van der Waals surface area (Å²) in [6.45, 7) is 4.97. The molecule has 0 atom stereocenters. The van der Waals surface area contributed by atoms with Crippen molar-refractivity contribution in [1.29, 1.82) is 0 Å². The Morgan fingerprint density at radius 3 is 2.30 bits per heavy atom. The summed E-state index contributed by atoms with van der Waals surface area (Å²) in [5.41, 5.74) is 2.08. The predicted octanol–water partition coefficient (Wildman–Crippen LogP) is 6.11. The van der Waals surface area contributed by atoms with Gasteiger partial charge in [0.1, 0.15) is 0 Å². The lowest BCUT2D eigenvalue weighted by Crippen LogP contribution is -2.13. The smallest absolute Gasteiger partial charge is 0.338 e. The average molecular weight is 316 g/mol. The van der Waals surface area contributed by atoms with Gasteiger partial charge < -0.3 is 4.74 Å². The Morgan fingerprint density at radius 1 is 1.00 bits per heavy atom. The Labute approximate surface area is 141 Å². The average Bonchev–Trinajstić information content (AvgIpc) is 2.60. The molecule has 0 spiro atoms. The molecule has 2 nitrogen and oxygen atoms in total. The Balaban J connectivity index is 1.81. The Bertz CT molecular complexity index is 455. The molecule has 2 rings (SSSR count).